The SMILES string of the molecule is COc1ccccc1-n1cnnc1S[C@H](C(=O)Nc1cc(C)cc(C)c1)c1ccccc1. The predicted molar refractivity (Wildman–Crippen MR) is 127 cm³/mol. The summed E-state index contributed by atoms with van der Waals surface area (Å²) in [4.78, 5) is 13.4. The molecule has 3 aromatic carbocycles. The van der Waals surface area contributed by atoms with Crippen molar-refractivity contribution in [3.63, 3.8) is 0 Å². The molecule has 0 radical (unpaired) electrons. The zero-order valence-corrected chi connectivity index (χ0v) is 19.0. The maximum absolute atomic E-state index is 13.4. The van der Waals surface area contributed by atoms with Crippen molar-refractivity contribution < 1.29 is 9.53 Å². The van der Waals surface area contributed by atoms with Crippen LogP contribution in [-0.4, -0.2) is 27.8 Å². The van der Waals surface area contributed by atoms with Crippen LogP contribution in [0, 0.1) is 13.8 Å². The second-order valence-corrected chi connectivity index (χ2v) is 8.50. The molecule has 0 spiro atoms. The average Bonchev–Trinajstić information content (AvgIpc) is 3.25. The molecule has 1 aromatic heterocycles. The number of anilines is 1. The molecule has 162 valence electrons. The Hall–Kier alpha value is -3.58. The van der Waals surface area contributed by atoms with E-state index in [1.807, 2.05) is 85.1 Å². The molecule has 0 saturated carbocycles. The van der Waals surface area contributed by atoms with Gasteiger partial charge in [0.05, 0.1) is 12.8 Å². The summed E-state index contributed by atoms with van der Waals surface area (Å²) in [5.74, 6) is 0.575. The zero-order valence-electron chi connectivity index (χ0n) is 18.1. The molecule has 0 unspecified atom stereocenters. The first-order valence-corrected chi connectivity index (χ1v) is 11.1. The fourth-order valence-corrected chi connectivity index (χ4v) is 4.58. The molecule has 32 heavy (non-hydrogen) atoms. The number of rotatable bonds is 7. The number of amides is 1. The highest BCUT2D eigenvalue weighted by Crippen LogP contribution is 2.37. The number of hydrogen-bond donors (Lipinski definition) is 1. The first-order chi connectivity index (χ1) is 15.5. The van der Waals surface area contributed by atoms with Crippen LogP contribution in [-0.2, 0) is 4.79 Å². The Balaban J connectivity index is 1.67. The number of para-hydroxylation sites is 2. The van der Waals surface area contributed by atoms with Gasteiger partial charge in [0.15, 0.2) is 5.16 Å². The van der Waals surface area contributed by atoms with Crippen molar-refractivity contribution in [3.05, 3.63) is 95.8 Å². The van der Waals surface area contributed by atoms with Gasteiger partial charge in [0.1, 0.15) is 17.3 Å². The number of nitrogens with one attached hydrogen (secondary N) is 1. The highest BCUT2D eigenvalue weighted by molar-refractivity contribution is 8.00. The van der Waals surface area contributed by atoms with E-state index >= 15 is 0 Å². The molecule has 0 saturated heterocycles. The molecule has 0 bridgehead atoms. The van der Waals surface area contributed by atoms with Gasteiger partial charge in [-0.2, -0.15) is 0 Å². The van der Waals surface area contributed by atoms with Gasteiger partial charge < -0.3 is 10.1 Å². The summed E-state index contributed by atoms with van der Waals surface area (Å²) < 4.78 is 7.33. The number of carbonyl (C=O) groups excluding carboxylic acids is 1. The molecule has 1 heterocycles. The summed E-state index contributed by atoms with van der Waals surface area (Å²) >= 11 is 1.35. The fraction of sp³-hybridized carbons (Fsp3) is 0.160. The smallest absolute Gasteiger partial charge is 0.242 e. The Morgan fingerprint density at radius 2 is 1.69 bits per heavy atom. The number of carbonyl (C=O) groups is 1. The van der Waals surface area contributed by atoms with E-state index in [4.69, 9.17) is 4.74 Å². The minimum atomic E-state index is -0.519. The number of thioether (sulfide) groups is 1. The predicted octanol–water partition coefficient (Wildman–Crippen LogP) is 5.36. The van der Waals surface area contributed by atoms with Gasteiger partial charge in [0.25, 0.3) is 0 Å². The van der Waals surface area contributed by atoms with Crippen LogP contribution in [0.2, 0.25) is 0 Å². The molecule has 1 N–H and O–H groups in total. The van der Waals surface area contributed by atoms with Crippen molar-refractivity contribution >= 4 is 23.4 Å². The van der Waals surface area contributed by atoms with Crippen LogP contribution in [0.5, 0.6) is 5.75 Å². The Morgan fingerprint density at radius 3 is 2.41 bits per heavy atom. The fourth-order valence-electron chi connectivity index (χ4n) is 3.56. The summed E-state index contributed by atoms with van der Waals surface area (Å²) in [7, 11) is 1.63. The Morgan fingerprint density at radius 1 is 1.00 bits per heavy atom. The van der Waals surface area contributed by atoms with Crippen LogP contribution in [0.4, 0.5) is 5.69 Å². The van der Waals surface area contributed by atoms with Crippen LogP contribution < -0.4 is 10.1 Å². The van der Waals surface area contributed by atoms with Crippen molar-refractivity contribution in [2.45, 2.75) is 24.3 Å². The molecule has 1 atom stereocenters. The summed E-state index contributed by atoms with van der Waals surface area (Å²) in [6.07, 6.45) is 1.63. The van der Waals surface area contributed by atoms with E-state index in [9.17, 15) is 4.79 Å². The quantitative estimate of drug-likeness (QED) is 0.388. The first kappa shape index (κ1) is 21.6. The second-order valence-electron chi connectivity index (χ2n) is 7.43. The van der Waals surface area contributed by atoms with Crippen molar-refractivity contribution in [1.29, 1.82) is 0 Å². The number of aryl methyl sites for hydroxylation is 2. The van der Waals surface area contributed by atoms with Gasteiger partial charge in [-0.3, -0.25) is 9.36 Å². The molecule has 0 aliphatic heterocycles. The molecule has 7 heteroatoms. The molecular weight excluding hydrogens is 420 g/mol. The van der Waals surface area contributed by atoms with E-state index in [-0.39, 0.29) is 5.91 Å². The van der Waals surface area contributed by atoms with Gasteiger partial charge in [-0.1, -0.05) is 60.3 Å². The minimum absolute atomic E-state index is 0.124. The van der Waals surface area contributed by atoms with Crippen molar-refractivity contribution in [2.75, 3.05) is 12.4 Å². The summed E-state index contributed by atoms with van der Waals surface area (Å²) in [5, 5.41) is 11.5. The lowest BCUT2D eigenvalue weighted by Crippen LogP contribution is -2.19. The van der Waals surface area contributed by atoms with Crippen LogP contribution in [0.1, 0.15) is 21.9 Å². The molecular formula is C25H24N4O2S. The lowest BCUT2D eigenvalue weighted by atomic mass is 10.1. The van der Waals surface area contributed by atoms with E-state index < -0.39 is 5.25 Å². The van der Waals surface area contributed by atoms with Gasteiger partial charge in [0, 0.05) is 5.69 Å². The summed E-state index contributed by atoms with van der Waals surface area (Å²) in [6.45, 7) is 4.03. The number of aromatic nitrogens is 3. The van der Waals surface area contributed by atoms with Crippen molar-refractivity contribution in [3.8, 4) is 11.4 Å². The van der Waals surface area contributed by atoms with Gasteiger partial charge in [-0.15, -0.1) is 10.2 Å². The van der Waals surface area contributed by atoms with Crippen LogP contribution >= 0.6 is 11.8 Å². The summed E-state index contributed by atoms with van der Waals surface area (Å²) in [5.41, 5.74) is 4.67. The highest BCUT2D eigenvalue weighted by atomic mass is 32.2. The van der Waals surface area contributed by atoms with Gasteiger partial charge in [-0.05, 0) is 54.8 Å². The van der Waals surface area contributed by atoms with E-state index in [1.54, 1.807) is 13.4 Å². The number of hydrogen-bond acceptors (Lipinski definition) is 5. The topological polar surface area (TPSA) is 69.0 Å². The van der Waals surface area contributed by atoms with Crippen LogP contribution in [0.3, 0.4) is 0 Å². The van der Waals surface area contributed by atoms with Crippen LogP contribution in [0.25, 0.3) is 5.69 Å². The van der Waals surface area contributed by atoms with E-state index in [0.29, 0.717) is 10.9 Å². The molecule has 0 aliphatic carbocycles. The minimum Gasteiger partial charge on any atom is -0.495 e. The zero-order chi connectivity index (χ0) is 22.5. The lowest BCUT2D eigenvalue weighted by Gasteiger charge is -2.18. The Kier molecular flexibility index (Phi) is 6.56. The van der Waals surface area contributed by atoms with Crippen LogP contribution in [0.15, 0.2) is 84.3 Å². The van der Waals surface area contributed by atoms with E-state index in [1.165, 1.54) is 11.8 Å². The second kappa shape index (κ2) is 9.70. The van der Waals surface area contributed by atoms with Gasteiger partial charge in [0.2, 0.25) is 5.91 Å². The maximum atomic E-state index is 13.4. The standard InChI is InChI=1S/C25H24N4O2S/c1-17-13-18(2)15-20(14-17)27-24(30)23(19-9-5-4-6-10-19)32-25-28-26-16-29(25)21-11-7-8-12-22(21)31-3/h4-16,23H,1-3H3,(H,27,30)/t23-/m0/s1. The highest BCUT2D eigenvalue weighted by Gasteiger charge is 2.25. The third-order valence-corrected chi connectivity index (χ3v) is 6.13. The number of nitrogens with zero attached hydrogens (tertiary/aromatic N) is 3. The van der Waals surface area contributed by atoms with E-state index in [2.05, 4.69) is 21.6 Å². The maximum Gasteiger partial charge on any atom is 0.242 e. The number of benzene rings is 3. The third-order valence-electron chi connectivity index (χ3n) is 4.91. The van der Waals surface area contributed by atoms with Crippen molar-refractivity contribution in [2.24, 2.45) is 0 Å². The van der Waals surface area contributed by atoms with Crippen molar-refractivity contribution in [1.82, 2.24) is 14.8 Å². The molecule has 4 rings (SSSR count). The number of methoxy groups -OCH3 is 1. The molecule has 0 aliphatic rings. The molecule has 4 aromatic rings. The monoisotopic (exact) mass is 444 g/mol. The Bertz CT molecular complexity index is 1200. The lowest BCUT2D eigenvalue weighted by molar-refractivity contribution is -0.115. The third kappa shape index (κ3) is 4.84. The largest absolute Gasteiger partial charge is 0.495 e. The molecule has 6 nitrogen and oxygen atoms in total. The van der Waals surface area contributed by atoms with Gasteiger partial charge in [-0.25, -0.2) is 0 Å². The molecule has 0 fully saturated rings. The molecule has 1 amide bonds. The van der Waals surface area contributed by atoms with E-state index in [0.717, 1.165) is 28.1 Å². The first-order valence-electron chi connectivity index (χ1n) is 10.2. The Labute approximate surface area is 191 Å². The summed E-state index contributed by atoms with van der Waals surface area (Å²) in [6, 6.07) is 23.3. The normalized spacial score (nSPS) is 11.7. The van der Waals surface area contributed by atoms with Gasteiger partial charge >= 0.3 is 0 Å². The average molecular weight is 445 g/mol. The number of ether oxygens (including phenoxy) is 1.